The monoisotopic (exact) mass is 155 g/mol. The van der Waals surface area contributed by atoms with Crippen LogP contribution in [0.5, 0.6) is 0 Å². The van der Waals surface area contributed by atoms with Crippen molar-refractivity contribution in [2.24, 2.45) is 5.73 Å². The van der Waals surface area contributed by atoms with Gasteiger partial charge in [0, 0.05) is 6.04 Å². The molecule has 0 radical (unpaired) electrons. The highest BCUT2D eigenvalue weighted by atomic mass is 31.2. The largest absolute Gasteiger partial charge is 0.379 e. The number of rotatable bonds is 2. The number of aliphatic hydroxyl groups is 1. The summed E-state index contributed by atoms with van der Waals surface area (Å²) in [5.74, 6) is -1.74. The summed E-state index contributed by atoms with van der Waals surface area (Å²) < 4.78 is 10.1. The lowest BCUT2D eigenvalue weighted by molar-refractivity contribution is 0.182. The lowest BCUT2D eigenvalue weighted by atomic mass is 10.4. The Hall–Kier alpha value is 0.0700. The van der Waals surface area contributed by atoms with E-state index in [0.717, 1.165) is 0 Å². The highest BCUT2D eigenvalue weighted by molar-refractivity contribution is 7.52. The fraction of sp³-hybridized carbons (Fsp3) is 1.00. The van der Waals surface area contributed by atoms with Crippen LogP contribution in [0.15, 0.2) is 0 Å². The average molecular weight is 155 g/mol. The van der Waals surface area contributed by atoms with E-state index in [2.05, 4.69) is 0 Å². The van der Waals surface area contributed by atoms with Gasteiger partial charge in [-0.15, -0.1) is 0 Å². The zero-order valence-corrected chi connectivity index (χ0v) is 5.82. The van der Waals surface area contributed by atoms with E-state index in [0.29, 0.717) is 0 Å². The van der Waals surface area contributed by atoms with Crippen LogP contribution in [0.3, 0.4) is 0 Å². The van der Waals surface area contributed by atoms with Gasteiger partial charge in [0.2, 0.25) is 0 Å². The van der Waals surface area contributed by atoms with Crippen LogP contribution in [0.2, 0.25) is 0 Å². The SMILES string of the molecule is C[C@H](N)[C@H](O)P(=O)(O)O. The van der Waals surface area contributed by atoms with E-state index in [9.17, 15) is 4.57 Å². The van der Waals surface area contributed by atoms with Gasteiger partial charge in [0.05, 0.1) is 0 Å². The second-order valence-electron chi connectivity index (χ2n) is 1.86. The van der Waals surface area contributed by atoms with E-state index in [1.807, 2.05) is 0 Å². The second-order valence-corrected chi connectivity index (χ2v) is 3.57. The Labute approximate surface area is 52.7 Å². The summed E-state index contributed by atoms with van der Waals surface area (Å²) in [7, 11) is -4.38. The minimum absolute atomic E-state index is 0.897. The molecule has 0 fully saturated rings. The molecule has 0 aliphatic carbocycles. The van der Waals surface area contributed by atoms with Crippen molar-refractivity contribution in [1.29, 1.82) is 0 Å². The van der Waals surface area contributed by atoms with Crippen molar-refractivity contribution in [1.82, 2.24) is 0 Å². The van der Waals surface area contributed by atoms with Crippen molar-refractivity contribution in [3.8, 4) is 0 Å². The van der Waals surface area contributed by atoms with E-state index in [4.69, 9.17) is 20.6 Å². The summed E-state index contributed by atoms with van der Waals surface area (Å²) in [6.07, 6.45) is 0. The molecule has 0 aromatic carbocycles. The van der Waals surface area contributed by atoms with Gasteiger partial charge in [0.25, 0.3) is 0 Å². The molecule has 0 aromatic rings. The topological polar surface area (TPSA) is 104 Å². The molecule has 0 heterocycles. The van der Waals surface area contributed by atoms with Gasteiger partial charge in [0.15, 0.2) is 5.85 Å². The fourth-order valence-electron chi connectivity index (χ4n) is 0.306. The van der Waals surface area contributed by atoms with Gasteiger partial charge in [-0.3, -0.25) is 4.57 Å². The first-order valence-electron chi connectivity index (χ1n) is 2.34. The molecule has 0 aliphatic heterocycles. The van der Waals surface area contributed by atoms with E-state index in [-0.39, 0.29) is 0 Å². The van der Waals surface area contributed by atoms with Crippen LogP contribution >= 0.6 is 7.60 Å². The van der Waals surface area contributed by atoms with Gasteiger partial charge in [-0.1, -0.05) is 0 Å². The molecule has 0 aliphatic rings. The van der Waals surface area contributed by atoms with Gasteiger partial charge in [-0.2, -0.15) is 0 Å². The van der Waals surface area contributed by atoms with Gasteiger partial charge < -0.3 is 20.6 Å². The van der Waals surface area contributed by atoms with Crippen molar-refractivity contribution < 1.29 is 19.5 Å². The summed E-state index contributed by atoms with van der Waals surface area (Å²) in [5, 5.41) is 8.57. The summed E-state index contributed by atoms with van der Waals surface area (Å²) >= 11 is 0. The van der Waals surface area contributed by atoms with Crippen LogP contribution in [0.1, 0.15) is 6.92 Å². The summed E-state index contributed by atoms with van der Waals surface area (Å²) in [4.78, 5) is 16.5. The van der Waals surface area contributed by atoms with Crippen LogP contribution in [-0.2, 0) is 4.57 Å². The van der Waals surface area contributed by atoms with E-state index in [1.54, 1.807) is 0 Å². The molecule has 5 N–H and O–H groups in total. The van der Waals surface area contributed by atoms with E-state index >= 15 is 0 Å². The molecule has 0 saturated carbocycles. The molecular weight excluding hydrogens is 145 g/mol. The average Bonchev–Trinajstić information content (AvgIpc) is 1.62. The fourth-order valence-corrected chi connectivity index (χ4v) is 0.919. The van der Waals surface area contributed by atoms with Crippen molar-refractivity contribution in [3.05, 3.63) is 0 Å². The van der Waals surface area contributed by atoms with Gasteiger partial charge >= 0.3 is 7.60 Å². The first-order valence-corrected chi connectivity index (χ1v) is 4.02. The normalized spacial score (nSPS) is 19.2. The highest BCUT2D eigenvalue weighted by Gasteiger charge is 2.29. The van der Waals surface area contributed by atoms with E-state index < -0.39 is 19.5 Å². The highest BCUT2D eigenvalue weighted by Crippen LogP contribution is 2.40. The number of aliphatic hydroxyl groups excluding tert-OH is 1. The minimum Gasteiger partial charge on any atom is -0.379 e. The molecule has 0 saturated heterocycles. The van der Waals surface area contributed by atoms with Crippen LogP contribution in [0.4, 0.5) is 0 Å². The van der Waals surface area contributed by atoms with Crippen molar-refractivity contribution in [3.63, 3.8) is 0 Å². The molecular formula is C3H10NO4P. The van der Waals surface area contributed by atoms with Gasteiger partial charge in [-0.05, 0) is 6.92 Å². The number of nitrogens with two attached hydrogens (primary N) is 1. The van der Waals surface area contributed by atoms with Crippen LogP contribution < -0.4 is 5.73 Å². The Bertz CT molecular complexity index is 130. The number of hydrogen-bond acceptors (Lipinski definition) is 3. The van der Waals surface area contributed by atoms with Crippen LogP contribution in [0, 0.1) is 0 Å². The zero-order valence-electron chi connectivity index (χ0n) is 4.93. The van der Waals surface area contributed by atoms with Crippen molar-refractivity contribution >= 4 is 7.60 Å². The first kappa shape index (κ1) is 9.07. The predicted molar refractivity (Wildman–Crippen MR) is 31.7 cm³/mol. The summed E-state index contributed by atoms with van der Waals surface area (Å²) in [6.45, 7) is 1.32. The summed E-state index contributed by atoms with van der Waals surface area (Å²) in [5.41, 5.74) is 4.98. The zero-order chi connectivity index (χ0) is 7.65. The third kappa shape index (κ3) is 2.93. The smallest absolute Gasteiger partial charge is 0.355 e. The summed E-state index contributed by atoms with van der Waals surface area (Å²) in [6, 6.07) is -0.897. The lowest BCUT2D eigenvalue weighted by Gasteiger charge is -2.14. The molecule has 56 valence electrons. The first-order chi connectivity index (χ1) is 3.85. The number of hydrogen-bond donors (Lipinski definition) is 4. The van der Waals surface area contributed by atoms with Crippen molar-refractivity contribution in [2.75, 3.05) is 0 Å². The molecule has 0 bridgehead atoms. The maximum absolute atomic E-state index is 10.1. The standard InChI is InChI=1S/C3H10NO4P/c1-2(4)3(5)9(6,7)8/h2-3,5H,4H2,1H3,(H2,6,7,8)/t2-,3+/m0/s1. The van der Waals surface area contributed by atoms with E-state index in [1.165, 1.54) is 6.92 Å². The Morgan fingerprint density at radius 2 is 1.89 bits per heavy atom. The third-order valence-corrected chi connectivity index (χ3v) is 1.97. The van der Waals surface area contributed by atoms with Gasteiger partial charge in [0.1, 0.15) is 0 Å². The molecule has 6 heteroatoms. The predicted octanol–water partition coefficient (Wildman–Crippen LogP) is -1.17. The molecule has 5 nitrogen and oxygen atoms in total. The third-order valence-electron chi connectivity index (χ3n) is 0.815. The Morgan fingerprint density at radius 1 is 1.56 bits per heavy atom. The van der Waals surface area contributed by atoms with Crippen LogP contribution in [0.25, 0.3) is 0 Å². The molecule has 0 rings (SSSR count). The molecule has 0 unspecified atom stereocenters. The second kappa shape index (κ2) is 2.77. The Balaban J connectivity index is 4.05. The minimum atomic E-state index is -4.38. The molecule has 2 atom stereocenters. The maximum atomic E-state index is 10.1. The van der Waals surface area contributed by atoms with Crippen LogP contribution in [-0.4, -0.2) is 26.8 Å². The quantitative estimate of drug-likeness (QED) is 0.376. The molecule has 0 amide bonds. The van der Waals surface area contributed by atoms with Crippen molar-refractivity contribution in [2.45, 2.75) is 18.8 Å². The molecule has 0 spiro atoms. The lowest BCUT2D eigenvalue weighted by Crippen LogP contribution is -2.30. The Morgan fingerprint density at radius 3 is 1.89 bits per heavy atom. The molecule has 0 aromatic heterocycles. The molecule has 9 heavy (non-hydrogen) atoms. The maximum Gasteiger partial charge on any atom is 0.355 e. The Kier molecular flexibility index (Phi) is 2.79. The van der Waals surface area contributed by atoms with Gasteiger partial charge in [-0.25, -0.2) is 0 Å².